The van der Waals surface area contributed by atoms with Crippen LogP contribution >= 0.6 is 0 Å². The minimum atomic E-state index is -6.00. The number of imidazole rings is 1. The van der Waals surface area contributed by atoms with Crippen molar-refractivity contribution in [2.75, 3.05) is 0 Å². The van der Waals surface area contributed by atoms with E-state index in [4.69, 9.17) is 0 Å². The minimum absolute atomic E-state index is 1.15. The highest BCUT2D eigenvalue weighted by atomic mass is 19.5. The van der Waals surface area contributed by atoms with Gasteiger partial charge in [0.25, 0.3) is 5.65 Å². The van der Waals surface area contributed by atoms with E-state index in [1.54, 1.807) is 0 Å². The number of rotatable bonds is 7. The van der Waals surface area contributed by atoms with Gasteiger partial charge in [0.2, 0.25) is 0 Å². The molecule has 124 valence electrons. The third-order valence-electron chi connectivity index (χ3n) is 3.32. The SMILES string of the molecule is CCCCCCCC[n+]1ccn2ccccc21.F[B-](F)(F)F. The molecule has 0 atom stereocenters. The Kier molecular flexibility index (Phi) is 7.99. The highest BCUT2D eigenvalue weighted by molar-refractivity contribution is 6.50. The molecule has 7 heteroatoms. The molecule has 0 unspecified atom stereocenters. The van der Waals surface area contributed by atoms with Gasteiger partial charge in [-0.25, -0.2) is 8.97 Å². The third-order valence-corrected chi connectivity index (χ3v) is 3.32. The van der Waals surface area contributed by atoms with Crippen LogP contribution in [0.3, 0.4) is 0 Å². The van der Waals surface area contributed by atoms with Gasteiger partial charge in [0.15, 0.2) is 0 Å². The van der Waals surface area contributed by atoms with Crippen LogP contribution in [0.25, 0.3) is 5.65 Å². The lowest BCUT2D eigenvalue weighted by atomic mass is 10.1. The molecule has 2 heterocycles. The Bertz CT molecular complexity index is 534. The Morgan fingerprint density at radius 2 is 1.59 bits per heavy atom. The molecular weight excluding hydrogens is 295 g/mol. The summed E-state index contributed by atoms with van der Waals surface area (Å²) in [4.78, 5) is 0. The van der Waals surface area contributed by atoms with E-state index in [2.05, 4.69) is 52.7 Å². The molecule has 2 rings (SSSR count). The molecule has 0 aliphatic rings. The Labute approximate surface area is 128 Å². The molecule has 0 aliphatic carbocycles. The first-order chi connectivity index (χ1) is 10.4. The number of fused-ring (bicyclic) bond motifs is 1. The van der Waals surface area contributed by atoms with E-state index in [9.17, 15) is 17.3 Å². The topological polar surface area (TPSA) is 8.29 Å². The molecule has 2 aromatic rings. The van der Waals surface area contributed by atoms with Crippen molar-refractivity contribution in [3.05, 3.63) is 36.8 Å². The second kappa shape index (κ2) is 9.48. The van der Waals surface area contributed by atoms with Gasteiger partial charge in [-0.2, -0.15) is 0 Å². The van der Waals surface area contributed by atoms with Crippen LogP contribution in [0.15, 0.2) is 36.8 Å². The molecule has 0 radical (unpaired) electrons. The molecule has 0 aromatic carbocycles. The monoisotopic (exact) mass is 318 g/mol. The first-order valence-corrected chi connectivity index (χ1v) is 7.74. The lowest BCUT2D eigenvalue weighted by Crippen LogP contribution is -2.32. The maximum Gasteiger partial charge on any atom is 0.673 e. The predicted octanol–water partition coefficient (Wildman–Crippen LogP) is 4.89. The second-order valence-electron chi connectivity index (χ2n) is 5.22. The van der Waals surface area contributed by atoms with Crippen molar-refractivity contribution in [3.63, 3.8) is 0 Å². The van der Waals surface area contributed by atoms with Gasteiger partial charge in [0.1, 0.15) is 12.4 Å². The van der Waals surface area contributed by atoms with Crippen LogP contribution in [-0.4, -0.2) is 11.7 Å². The summed E-state index contributed by atoms with van der Waals surface area (Å²) in [6.45, 7) is 3.41. The standard InChI is InChI=1S/C15H23N2.BF4/c1-2-3-4-5-6-8-11-16-13-14-17-12-9-7-10-15(16)17;2-1(3,4)5/h7,9-10,12-14H,2-6,8,11H2,1H3;/q+1;-1. The highest BCUT2D eigenvalue weighted by Gasteiger charge is 2.20. The summed E-state index contributed by atoms with van der Waals surface area (Å²) in [5, 5.41) is 0. The van der Waals surface area contributed by atoms with Crippen molar-refractivity contribution >= 4 is 12.9 Å². The van der Waals surface area contributed by atoms with Gasteiger partial charge < -0.3 is 17.3 Å². The number of hydrogen-bond donors (Lipinski definition) is 0. The van der Waals surface area contributed by atoms with Crippen LogP contribution in [-0.2, 0) is 6.54 Å². The van der Waals surface area contributed by atoms with Crippen LogP contribution in [0.4, 0.5) is 17.3 Å². The predicted molar refractivity (Wildman–Crippen MR) is 81.2 cm³/mol. The number of halogens is 4. The Hall–Kier alpha value is -1.53. The molecule has 0 spiro atoms. The van der Waals surface area contributed by atoms with Crippen LogP contribution in [0, 0.1) is 0 Å². The maximum absolute atomic E-state index is 9.75. The van der Waals surface area contributed by atoms with E-state index >= 15 is 0 Å². The molecule has 0 saturated carbocycles. The fourth-order valence-electron chi connectivity index (χ4n) is 2.30. The van der Waals surface area contributed by atoms with Crippen molar-refractivity contribution in [1.82, 2.24) is 4.40 Å². The molecule has 0 bridgehead atoms. The van der Waals surface area contributed by atoms with Crippen molar-refractivity contribution in [2.24, 2.45) is 0 Å². The second-order valence-corrected chi connectivity index (χ2v) is 5.22. The Morgan fingerprint density at radius 1 is 0.955 bits per heavy atom. The Morgan fingerprint density at radius 3 is 2.27 bits per heavy atom. The van der Waals surface area contributed by atoms with Crippen molar-refractivity contribution < 1.29 is 21.8 Å². The van der Waals surface area contributed by atoms with Crippen LogP contribution in [0.1, 0.15) is 45.4 Å². The zero-order valence-electron chi connectivity index (χ0n) is 12.9. The quantitative estimate of drug-likeness (QED) is 0.297. The minimum Gasteiger partial charge on any atom is -0.418 e. The van der Waals surface area contributed by atoms with E-state index in [1.165, 1.54) is 44.2 Å². The van der Waals surface area contributed by atoms with Gasteiger partial charge >= 0.3 is 7.25 Å². The van der Waals surface area contributed by atoms with Crippen LogP contribution in [0.5, 0.6) is 0 Å². The smallest absolute Gasteiger partial charge is 0.418 e. The van der Waals surface area contributed by atoms with Gasteiger partial charge in [-0.3, -0.25) is 0 Å². The van der Waals surface area contributed by atoms with Gasteiger partial charge in [0.05, 0.1) is 12.7 Å². The summed E-state index contributed by atoms with van der Waals surface area (Å²) in [6, 6.07) is 6.35. The normalized spacial score (nSPS) is 11.3. The van der Waals surface area contributed by atoms with Crippen molar-refractivity contribution in [2.45, 2.75) is 52.0 Å². The van der Waals surface area contributed by atoms with Gasteiger partial charge in [0, 0.05) is 6.07 Å². The summed E-state index contributed by atoms with van der Waals surface area (Å²) >= 11 is 0. The maximum atomic E-state index is 9.75. The number of aromatic nitrogens is 2. The zero-order chi connectivity index (χ0) is 16.4. The molecule has 0 fully saturated rings. The summed E-state index contributed by atoms with van der Waals surface area (Å²) < 4.78 is 43.5. The summed E-state index contributed by atoms with van der Waals surface area (Å²) in [5.74, 6) is 0. The van der Waals surface area contributed by atoms with Crippen LogP contribution < -0.4 is 4.57 Å². The van der Waals surface area contributed by atoms with Crippen molar-refractivity contribution in [1.29, 1.82) is 0 Å². The Balaban J connectivity index is 0.000000422. The fraction of sp³-hybridized carbons (Fsp3) is 0.533. The molecule has 22 heavy (non-hydrogen) atoms. The molecule has 2 aromatic heterocycles. The van der Waals surface area contributed by atoms with Crippen LogP contribution in [0.2, 0.25) is 0 Å². The highest BCUT2D eigenvalue weighted by Crippen LogP contribution is 2.07. The molecular formula is C15H23BF4N2. The molecule has 2 nitrogen and oxygen atoms in total. The molecule has 0 N–H and O–H groups in total. The first-order valence-electron chi connectivity index (χ1n) is 7.74. The van der Waals surface area contributed by atoms with E-state index in [-0.39, 0.29) is 0 Å². The lowest BCUT2D eigenvalue weighted by molar-refractivity contribution is -0.671. The van der Waals surface area contributed by atoms with E-state index < -0.39 is 7.25 Å². The number of hydrogen-bond acceptors (Lipinski definition) is 0. The number of pyridine rings is 1. The zero-order valence-corrected chi connectivity index (χ0v) is 12.9. The van der Waals surface area contributed by atoms with Crippen molar-refractivity contribution in [3.8, 4) is 0 Å². The average molecular weight is 318 g/mol. The van der Waals surface area contributed by atoms with E-state index in [1.807, 2.05) is 0 Å². The van der Waals surface area contributed by atoms with E-state index in [0.717, 1.165) is 6.54 Å². The van der Waals surface area contributed by atoms with Gasteiger partial charge in [-0.05, 0) is 18.9 Å². The van der Waals surface area contributed by atoms with E-state index in [0.29, 0.717) is 0 Å². The summed E-state index contributed by atoms with van der Waals surface area (Å²) in [6.07, 6.45) is 14.6. The number of aryl methyl sites for hydroxylation is 1. The third kappa shape index (κ3) is 8.05. The van der Waals surface area contributed by atoms with Gasteiger partial charge in [-0.15, -0.1) is 0 Å². The molecule has 0 aliphatic heterocycles. The molecule has 0 saturated heterocycles. The first kappa shape index (κ1) is 18.5. The number of unbranched alkanes of at least 4 members (excludes halogenated alkanes) is 5. The summed E-state index contributed by atoms with van der Waals surface area (Å²) in [7, 11) is -6.00. The lowest BCUT2D eigenvalue weighted by Gasteiger charge is -1.99. The average Bonchev–Trinajstić information content (AvgIpc) is 2.84. The number of nitrogens with zero attached hydrogens (tertiary/aromatic N) is 2. The largest absolute Gasteiger partial charge is 0.673 e. The van der Waals surface area contributed by atoms with Gasteiger partial charge in [-0.1, -0.05) is 38.7 Å². The fourth-order valence-corrected chi connectivity index (χ4v) is 2.30. The molecule has 0 amide bonds. The summed E-state index contributed by atoms with van der Waals surface area (Å²) in [5.41, 5.74) is 1.29.